The van der Waals surface area contributed by atoms with Gasteiger partial charge >= 0.3 is 0 Å². The number of aliphatic hydroxyl groups is 1. The lowest BCUT2D eigenvalue weighted by molar-refractivity contribution is -0.00500. The Morgan fingerprint density at radius 2 is 1.17 bits per heavy atom. The summed E-state index contributed by atoms with van der Waals surface area (Å²) in [5.41, 5.74) is 3.48. The Bertz CT molecular complexity index is 355. The average Bonchev–Trinajstić information content (AvgIpc) is 2.50. The summed E-state index contributed by atoms with van der Waals surface area (Å²) in [6.07, 6.45) is 0.781. The molecule has 0 bridgehead atoms. The van der Waals surface area contributed by atoms with Crippen LogP contribution in [-0.4, -0.2) is 72.6 Å². The molecule has 0 atom stereocenters. The van der Waals surface area contributed by atoms with Gasteiger partial charge in [0.15, 0.2) is 0 Å². The molecule has 0 aromatic carbocycles. The summed E-state index contributed by atoms with van der Waals surface area (Å²) in [6.45, 7) is 15.8. The van der Waals surface area contributed by atoms with Gasteiger partial charge in [0.25, 0.3) is 0 Å². The van der Waals surface area contributed by atoms with Crippen molar-refractivity contribution in [1.82, 2.24) is 0 Å². The molecule has 24 heavy (non-hydrogen) atoms. The van der Waals surface area contributed by atoms with Crippen LogP contribution in [0.4, 0.5) is 0 Å². The fourth-order valence-corrected chi connectivity index (χ4v) is 2.36. The highest BCUT2D eigenvalue weighted by Crippen LogP contribution is 2.35. The first-order chi connectivity index (χ1) is 11.3. The largest absolute Gasteiger partial charge is 0.394 e. The van der Waals surface area contributed by atoms with Crippen LogP contribution in [0.3, 0.4) is 0 Å². The van der Waals surface area contributed by atoms with Gasteiger partial charge in [0.2, 0.25) is 0 Å². The summed E-state index contributed by atoms with van der Waals surface area (Å²) in [6, 6.07) is 0. The van der Waals surface area contributed by atoms with Crippen molar-refractivity contribution in [2.45, 2.75) is 45.3 Å². The van der Waals surface area contributed by atoms with Crippen LogP contribution < -0.4 is 0 Å². The molecule has 5 nitrogen and oxygen atoms in total. The van der Waals surface area contributed by atoms with E-state index in [1.165, 1.54) is 0 Å². The molecule has 0 saturated carbocycles. The number of hydrogen-bond donors (Lipinski definition) is 1. The summed E-state index contributed by atoms with van der Waals surface area (Å²) in [5.74, 6) is 3.27. The molecule has 0 saturated heterocycles. The van der Waals surface area contributed by atoms with Gasteiger partial charge in [0, 0.05) is 6.42 Å². The second kappa shape index (κ2) is 13.8. The predicted molar refractivity (Wildman–Crippen MR) is 100.0 cm³/mol. The van der Waals surface area contributed by atoms with Crippen LogP contribution in [0.2, 0.25) is 18.1 Å². The van der Waals surface area contributed by atoms with Crippen LogP contribution in [0.5, 0.6) is 0 Å². The number of ether oxygens (including phenoxy) is 4. The van der Waals surface area contributed by atoms with Gasteiger partial charge in [-0.05, 0) is 5.04 Å². The molecule has 0 aliphatic heterocycles. The van der Waals surface area contributed by atoms with Gasteiger partial charge in [-0.3, -0.25) is 0 Å². The number of hydrogen-bond acceptors (Lipinski definition) is 5. The van der Waals surface area contributed by atoms with Crippen molar-refractivity contribution in [2.75, 3.05) is 59.5 Å². The van der Waals surface area contributed by atoms with Gasteiger partial charge in [-0.2, -0.15) is 0 Å². The molecule has 0 amide bonds. The molecule has 142 valence electrons. The van der Waals surface area contributed by atoms with Crippen molar-refractivity contribution in [1.29, 1.82) is 0 Å². The van der Waals surface area contributed by atoms with Gasteiger partial charge in [-0.1, -0.05) is 33.9 Å². The third-order valence-corrected chi connectivity index (χ3v) is 8.55. The lowest BCUT2D eigenvalue weighted by Gasteiger charge is -2.31. The molecule has 0 aromatic heterocycles. The molecule has 6 heteroatoms. The minimum Gasteiger partial charge on any atom is -0.394 e. The summed E-state index contributed by atoms with van der Waals surface area (Å²) in [7, 11) is -1.49. The molecule has 0 unspecified atom stereocenters. The van der Waals surface area contributed by atoms with Crippen molar-refractivity contribution in [3.05, 3.63) is 0 Å². The maximum atomic E-state index is 8.52. The standard InChI is InChI=1S/C18H36O5Si/c1-18(2,3)24(4,5)17-7-6-9-20-11-13-22-15-16-23-14-12-21-10-8-19/h19H,6,8-16H2,1-5H3. The Morgan fingerprint density at radius 3 is 1.58 bits per heavy atom. The van der Waals surface area contributed by atoms with Crippen molar-refractivity contribution in [2.24, 2.45) is 0 Å². The Morgan fingerprint density at radius 1 is 0.750 bits per heavy atom. The van der Waals surface area contributed by atoms with Crippen molar-refractivity contribution >= 4 is 8.07 Å². The van der Waals surface area contributed by atoms with Crippen molar-refractivity contribution < 1.29 is 24.1 Å². The van der Waals surface area contributed by atoms with Gasteiger partial charge in [-0.15, -0.1) is 11.5 Å². The second-order valence-electron chi connectivity index (χ2n) is 7.10. The highest BCUT2D eigenvalue weighted by molar-refractivity contribution is 6.87. The van der Waals surface area contributed by atoms with Crippen LogP contribution in [0, 0.1) is 11.5 Å². The van der Waals surface area contributed by atoms with E-state index < -0.39 is 8.07 Å². The van der Waals surface area contributed by atoms with Gasteiger partial charge < -0.3 is 24.1 Å². The van der Waals surface area contributed by atoms with E-state index in [2.05, 4.69) is 45.3 Å². The van der Waals surface area contributed by atoms with E-state index in [1.54, 1.807) is 0 Å². The molecule has 0 rings (SSSR count). The molecule has 0 radical (unpaired) electrons. The number of rotatable bonds is 13. The summed E-state index contributed by atoms with van der Waals surface area (Å²) < 4.78 is 21.3. The highest BCUT2D eigenvalue weighted by atomic mass is 28.3. The average molecular weight is 361 g/mol. The third kappa shape index (κ3) is 12.9. The van der Waals surface area contributed by atoms with E-state index in [9.17, 15) is 0 Å². The lowest BCUT2D eigenvalue weighted by Crippen LogP contribution is -2.35. The van der Waals surface area contributed by atoms with Crippen LogP contribution in [0.1, 0.15) is 27.2 Å². The van der Waals surface area contributed by atoms with Gasteiger partial charge in [-0.25, -0.2) is 0 Å². The van der Waals surface area contributed by atoms with E-state index in [0.717, 1.165) is 6.42 Å². The first-order valence-electron chi connectivity index (χ1n) is 8.73. The van der Waals surface area contributed by atoms with E-state index in [4.69, 9.17) is 24.1 Å². The van der Waals surface area contributed by atoms with Crippen LogP contribution in [0.15, 0.2) is 0 Å². The molecular weight excluding hydrogens is 324 g/mol. The minimum atomic E-state index is -1.49. The van der Waals surface area contributed by atoms with Crippen molar-refractivity contribution in [3.8, 4) is 11.5 Å². The lowest BCUT2D eigenvalue weighted by atomic mass is 10.2. The summed E-state index contributed by atoms with van der Waals surface area (Å²) in [5, 5.41) is 8.83. The van der Waals surface area contributed by atoms with Gasteiger partial charge in [0.1, 0.15) is 8.07 Å². The Hall–Kier alpha value is -0.423. The maximum Gasteiger partial charge on any atom is 0.137 e. The monoisotopic (exact) mass is 360 g/mol. The molecule has 0 aromatic rings. The Kier molecular flexibility index (Phi) is 13.6. The molecule has 1 N–H and O–H groups in total. The Labute approximate surface area is 149 Å². The fraction of sp³-hybridized carbons (Fsp3) is 0.889. The fourth-order valence-electron chi connectivity index (χ4n) is 1.42. The molecular formula is C18H36O5Si. The van der Waals surface area contributed by atoms with Gasteiger partial charge in [0.05, 0.1) is 59.5 Å². The van der Waals surface area contributed by atoms with Crippen LogP contribution in [-0.2, 0) is 18.9 Å². The van der Waals surface area contributed by atoms with E-state index in [1.807, 2.05) is 0 Å². The zero-order valence-corrected chi connectivity index (χ0v) is 17.2. The SMILES string of the molecule is CC(C)(C)[Si](C)(C)C#CCCOCCOCCOCCOCCO. The molecule has 0 aliphatic rings. The molecule has 0 aliphatic carbocycles. The normalized spacial score (nSPS) is 12.1. The van der Waals surface area contributed by atoms with E-state index in [0.29, 0.717) is 57.9 Å². The maximum absolute atomic E-state index is 8.52. The van der Waals surface area contributed by atoms with Crippen LogP contribution in [0.25, 0.3) is 0 Å². The minimum absolute atomic E-state index is 0.0466. The van der Waals surface area contributed by atoms with E-state index in [-0.39, 0.29) is 6.61 Å². The number of aliphatic hydroxyl groups excluding tert-OH is 1. The van der Waals surface area contributed by atoms with Crippen LogP contribution >= 0.6 is 0 Å². The first-order valence-corrected chi connectivity index (χ1v) is 11.7. The molecule has 0 spiro atoms. The molecule has 0 heterocycles. The topological polar surface area (TPSA) is 57.2 Å². The predicted octanol–water partition coefficient (Wildman–Crippen LogP) is 2.49. The molecule has 0 fully saturated rings. The zero-order valence-electron chi connectivity index (χ0n) is 16.2. The smallest absolute Gasteiger partial charge is 0.137 e. The quantitative estimate of drug-likeness (QED) is 0.311. The Balaban J connectivity index is 3.38. The highest BCUT2D eigenvalue weighted by Gasteiger charge is 2.33. The second-order valence-corrected chi connectivity index (χ2v) is 12.1. The zero-order chi connectivity index (χ0) is 18.3. The third-order valence-electron chi connectivity index (χ3n) is 4.00. The van der Waals surface area contributed by atoms with E-state index >= 15 is 0 Å². The summed E-state index contributed by atoms with van der Waals surface area (Å²) >= 11 is 0. The van der Waals surface area contributed by atoms with Crippen molar-refractivity contribution in [3.63, 3.8) is 0 Å². The first kappa shape index (κ1) is 23.6. The summed E-state index contributed by atoms with van der Waals surface area (Å²) in [4.78, 5) is 0.